The highest BCUT2D eigenvalue weighted by Gasteiger charge is 2.24. The van der Waals surface area contributed by atoms with E-state index in [9.17, 15) is 4.79 Å². The molecular formula is C17H24O4. The lowest BCUT2D eigenvalue weighted by molar-refractivity contribution is -0.304. The van der Waals surface area contributed by atoms with Crippen molar-refractivity contribution in [2.75, 3.05) is 6.61 Å². The number of carbonyl (C=O) groups is 1. The molecule has 1 aliphatic rings. The summed E-state index contributed by atoms with van der Waals surface area (Å²) in [6.45, 7) is 2.76. The maximum atomic E-state index is 11.8. The van der Waals surface area contributed by atoms with Crippen LogP contribution < -0.4 is 0 Å². The maximum absolute atomic E-state index is 11.8. The van der Waals surface area contributed by atoms with Crippen LogP contribution in [0.2, 0.25) is 0 Å². The minimum atomic E-state index is -0.263. The molecule has 0 amide bonds. The molecule has 1 aromatic carbocycles. The van der Waals surface area contributed by atoms with Crippen LogP contribution in [-0.4, -0.2) is 18.7 Å². The molecule has 4 nitrogen and oxygen atoms in total. The van der Waals surface area contributed by atoms with Crippen LogP contribution in [0.3, 0.4) is 0 Å². The molecule has 0 aromatic heterocycles. The van der Waals surface area contributed by atoms with Gasteiger partial charge in [0.25, 0.3) is 0 Å². The zero-order chi connectivity index (χ0) is 14.9. The Kier molecular flexibility index (Phi) is 6.70. The Hall–Kier alpha value is -1.39. The van der Waals surface area contributed by atoms with Crippen LogP contribution in [-0.2, 0) is 25.9 Å². The smallest absolute Gasteiger partial charge is 0.345 e. The lowest BCUT2D eigenvalue weighted by Crippen LogP contribution is -2.24. The summed E-state index contributed by atoms with van der Waals surface area (Å²) in [4.78, 5) is 21.9. The van der Waals surface area contributed by atoms with E-state index in [4.69, 9.17) is 14.5 Å². The number of hydrogen-bond donors (Lipinski definition) is 0. The zero-order valence-electron chi connectivity index (χ0n) is 12.6. The summed E-state index contributed by atoms with van der Waals surface area (Å²) < 4.78 is 5.54. The Balaban J connectivity index is 1.58. The normalized spacial score (nSPS) is 17.4. The highest BCUT2D eigenvalue weighted by Crippen LogP contribution is 2.24. The van der Waals surface area contributed by atoms with E-state index in [1.807, 2.05) is 37.3 Å². The van der Waals surface area contributed by atoms with Crippen LogP contribution in [0.25, 0.3) is 0 Å². The molecule has 116 valence electrons. The highest BCUT2D eigenvalue weighted by atomic mass is 17.2. The van der Waals surface area contributed by atoms with Gasteiger partial charge < -0.3 is 4.74 Å². The monoisotopic (exact) mass is 292 g/mol. The van der Waals surface area contributed by atoms with Crippen molar-refractivity contribution in [1.29, 1.82) is 0 Å². The van der Waals surface area contributed by atoms with Gasteiger partial charge in [0.1, 0.15) is 6.10 Å². The third kappa shape index (κ3) is 5.86. The standard InChI is InChI=1S/C17H24O4/c1-14(12-19-13-15-8-4-2-5-9-15)20-21-17(18)16-10-6-3-7-11-16/h2,4-5,8-9,14,16H,3,6-7,10-13H2,1H3. The molecule has 1 aromatic rings. The van der Waals surface area contributed by atoms with Crippen LogP contribution in [0.1, 0.15) is 44.6 Å². The van der Waals surface area contributed by atoms with Gasteiger partial charge in [-0.1, -0.05) is 49.6 Å². The number of benzene rings is 1. The topological polar surface area (TPSA) is 44.8 Å². The number of rotatable bonds is 7. The third-order valence-corrected chi connectivity index (χ3v) is 3.70. The van der Waals surface area contributed by atoms with Gasteiger partial charge in [0.2, 0.25) is 0 Å². The van der Waals surface area contributed by atoms with Crippen LogP contribution in [0, 0.1) is 5.92 Å². The molecule has 4 heteroatoms. The number of carbonyl (C=O) groups excluding carboxylic acids is 1. The Morgan fingerprint density at radius 3 is 2.62 bits per heavy atom. The second kappa shape index (κ2) is 8.80. The highest BCUT2D eigenvalue weighted by molar-refractivity contribution is 5.71. The fourth-order valence-corrected chi connectivity index (χ4v) is 2.48. The van der Waals surface area contributed by atoms with Crippen LogP contribution >= 0.6 is 0 Å². The molecule has 0 radical (unpaired) electrons. The Morgan fingerprint density at radius 1 is 1.19 bits per heavy atom. The SMILES string of the molecule is CC(COCc1ccccc1)OOC(=O)C1CCCCC1. The average Bonchev–Trinajstić information content (AvgIpc) is 2.54. The van der Waals surface area contributed by atoms with Gasteiger partial charge in [0.05, 0.1) is 19.1 Å². The molecule has 1 atom stereocenters. The first kappa shape index (κ1) is 16.0. The van der Waals surface area contributed by atoms with E-state index >= 15 is 0 Å². The molecule has 0 aliphatic heterocycles. The van der Waals surface area contributed by atoms with Crippen molar-refractivity contribution in [2.24, 2.45) is 5.92 Å². The van der Waals surface area contributed by atoms with Crippen molar-refractivity contribution >= 4 is 5.97 Å². The third-order valence-electron chi connectivity index (χ3n) is 3.70. The van der Waals surface area contributed by atoms with Crippen molar-refractivity contribution in [1.82, 2.24) is 0 Å². The summed E-state index contributed by atoms with van der Waals surface area (Å²) in [7, 11) is 0. The van der Waals surface area contributed by atoms with Crippen molar-refractivity contribution in [3.63, 3.8) is 0 Å². The van der Waals surface area contributed by atoms with Gasteiger partial charge in [-0.3, -0.25) is 4.89 Å². The van der Waals surface area contributed by atoms with E-state index in [0.29, 0.717) is 13.2 Å². The van der Waals surface area contributed by atoms with Gasteiger partial charge in [0.15, 0.2) is 0 Å². The first-order chi connectivity index (χ1) is 10.3. The first-order valence-corrected chi connectivity index (χ1v) is 7.74. The van der Waals surface area contributed by atoms with Crippen LogP contribution in [0.15, 0.2) is 30.3 Å². The maximum Gasteiger partial charge on any atom is 0.345 e. The Labute approximate surface area is 126 Å². The van der Waals surface area contributed by atoms with Crippen molar-refractivity contribution in [2.45, 2.75) is 51.7 Å². The second-order valence-electron chi connectivity index (χ2n) is 5.64. The van der Waals surface area contributed by atoms with Gasteiger partial charge in [0, 0.05) is 0 Å². The predicted molar refractivity (Wildman–Crippen MR) is 79.3 cm³/mol. The van der Waals surface area contributed by atoms with Gasteiger partial charge in [-0.25, -0.2) is 4.79 Å². The van der Waals surface area contributed by atoms with E-state index in [-0.39, 0.29) is 18.0 Å². The molecule has 0 N–H and O–H groups in total. The molecule has 0 bridgehead atoms. The summed E-state index contributed by atoms with van der Waals surface area (Å²) in [6, 6.07) is 9.94. The summed E-state index contributed by atoms with van der Waals surface area (Å²) in [5.74, 6) is -0.221. The van der Waals surface area contributed by atoms with E-state index in [1.165, 1.54) is 6.42 Å². The molecule has 0 heterocycles. The summed E-state index contributed by atoms with van der Waals surface area (Å²) in [6.07, 6.45) is 5.00. The molecule has 2 rings (SSSR count). The van der Waals surface area contributed by atoms with Gasteiger partial charge >= 0.3 is 5.97 Å². The lowest BCUT2D eigenvalue weighted by atomic mass is 9.89. The van der Waals surface area contributed by atoms with Crippen molar-refractivity contribution in [3.05, 3.63) is 35.9 Å². The first-order valence-electron chi connectivity index (χ1n) is 7.74. The molecule has 21 heavy (non-hydrogen) atoms. The number of hydrogen-bond acceptors (Lipinski definition) is 4. The minimum absolute atomic E-state index is 0.0104. The van der Waals surface area contributed by atoms with Gasteiger partial charge in [-0.2, -0.15) is 4.89 Å². The Morgan fingerprint density at radius 2 is 1.90 bits per heavy atom. The Bertz CT molecular complexity index is 412. The molecular weight excluding hydrogens is 268 g/mol. The predicted octanol–water partition coefficient (Wildman–Crippen LogP) is 3.65. The largest absolute Gasteiger partial charge is 0.374 e. The fraction of sp³-hybridized carbons (Fsp3) is 0.588. The quantitative estimate of drug-likeness (QED) is 0.568. The van der Waals surface area contributed by atoms with E-state index in [1.54, 1.807) is 0 Å². The summed E-state index contributed by atoms with van der Waals surface area (Å²) in [5.41, 5.74) is 1.11. The number of ether oxygens (including phenoxy) is 1. The lowest BCUT2D eigenvalue weighted by Gasteiger charge is -2.20. The molecule has 1 fully saturated rings. The molecule has 0 spiro atoms. The molecule has 0 saturated heterocycles. The van der Waals surface area contributed by atoms with E-state index in [2.05, 4.69) is 0 Å². The second-order valence-corrected chi connectivity index (χ2v) is 5.64. The van der Waals surface area contributed by atoms with E-state index in [0.717, 1.165) is 31.2 Å². The van der Waals surface area contributed by atoms with Crippen LogP contribution in [0.4, 0.5) is 0 Å². The minimum Gasteiger partial charge on any atom is -0.374 e. The average molecular weight is 292 g/mol. The molecule has 1 unspecified atom stereocenters. The zero-order valence-corrected chi connectivity index (χ0v) is 12.6. The van der Waals surface area contributed by atoms with Crippen LogP contribution in [0.5, 0.6) is 0 Å². The molecule has 1 aliphatic carbocycles. The summed E-state index contributed by atoms with van der Waals surface area (Å²) in [5, 5.41) is 0. The van der Waals surface area contributed by atoms with Crippen molar-refractivity contribution in [3.8, 4) is 0 Å². The fourth-order valence-electron chi connectivity index (χ4n) is 2.48. The van der Waals surface area contributed by atoms with Crippen molar-refractivity contribution < 1.29 is 19.3 Å². The van der Waals surface area contributed by atoms with E-state index < -0.39 is 0 Å². The molecule has 1 saturated carbocycles. The van der Waals surface area contributed by atoms with Gasteiger partial charge in [-0.15, -0.1) is 0 Å². The van der Waals surface area contributed by atoms with Gasteiger partial charge in [-0.05, 0) is 25.3 Å². The summed E-state index contributed by atoms with van der Waals surface area (Å²) >= 11 is 0.